The average molecular weight is 615 g/mol. The summed E-state index contributed by atoms with van der Waals surface area (Å²) in [6.45, 7) is 1.70. The van der Waals surface area contributed by atoms with Crippen molar-refractivity contribution in [3.63, 3.8) is 0 Å². The summed E-state index contributed by atoms with van der Waals surface area (Å²) in [5.74, 6) is -15.2. The lowest BCUT2D eigenvalue weighted by atomic mass is 10.1. The summed E-state index contributed by atoms with van der Waals surface area (Å²) in [4.78, 5) is 24.2. The van der Waals surface area contributed by atoms with Crippen molar-refractivity contribution >= 4 is 12.1 Å². The van der Waals surface area contributed by atoms with Gasteiger partial charge >= 0.3 is 36.2 Å². The summed E-state index contributed by atoms with van der Waals surface area (Å²) in [5, 5.41) is 9.16. The van der Waals surface area contributed by atoms with Crippen molar-refractivity contribution in [3.05, 3.63) is 29.8 Å². The van der Waals surface area contributed by atoms with Gasteiger partial charge in [-0.3, -0.25) is 0 Å². The number of halogens is 9. The molecule has 0 aliphatic carbocycles. The number of hydrogen-bond acceptors (Lipinski definition) is 6. The summed E-state index contributed by atoms with van der Waals surface area (Å²) in [6, 6.07) is 5.97. The van der Waals surface area contributed by atoms with Gasteiger partial charge in [0.2, 0.25) is 0 Å². The summed E-state index contributed by atoms with van der Waals surface area (Å²) < 4.78 is 136. The van der Waals surface area contributed by atoms with Crippen LogP contribution in [0.15, 0.2) is 24.3 Å². The zero-order chi connectivity index (χ0) is 31.6. The molecule has 0 radical (unpaired) electrons. The van der Waals surface area contributed by atoms with Crippen molar-refractivity contribution in [1.29, 1.82) is 0 Å². The number of carboxylic acids is 1. The minimum absolute atomic E-state index is 0.0531. The van der Waals surface area contributed by atoms with Crippen LogP contribution in [-0.2, 0) is 25.4 Å². The topological polar surface area (TPSA) is 94.5 Å². The van der Waals surface area contributed by atoms with Gasteiger partial charge in [0.15, 0.2) is 6.10 Å². The van der Waals surface area contributed by atoms with Crippen LogP contribution in [-0.4, -0.2) is 91.8 Å². The minimum atomic E-state index is -7.11. The smallest absolute Gasteiger partial charge is 0.460 e. The molecule has 0 aliphatic heterocycles. The van der Waals surface area contributed by atoms with Crippen LogP contribution in [0.3, 0.4) is 0 Å². The lowest BCUT2D eigenvalue weighted by Gasteiger charge is -2.33. The third-order valence-electron chi connectivity index (χ3n) is 5.18. The highest BCUT2D eigenvalue weighted by Gasteiger charge is 2.82. The van der Waals surface area contributed by atoms with Crippen LogP contribution in [0.2, 0.25) is 0 Å². The van der Waals surface area contributed by atoms with Gasteiger partial charge in [0, 0.05) is 19.6 Å². The second kappa shape index (κ2) is 14.8. The molecule has 17 heteroatoms. The number of benzene rings is 1. The highest BCUT2D eigenvalue weighted by atomic mass is 19.4. The first-order chi connectivity index (χ1) is 18.8. The van der Waals surface area contributed by atoms with Crippen LogP contribution in [0.5, 0.6) is 5.75 Å². The molecule has 0 aliphatic rings. The van der Waals surface area contributed by atoms with E-state index in [0.717, 1.165) is 0 Å². The molecule has 1 N–H and O–H groups in total. The summed E-state index contributed by atoms with van der Waals surface area (Å²) >= 11 is 0. The number of amides is 1. The maximum Gasteiger partial charge on any atom is 0.460 e. The van der Waals surface area contributed by atoms with Crippen LogP contribution >= 0.6 is 0 Å². The van der Waals surface area contributed by atoms with Gasteiger partial charge < -0.3 is 29.0 Å². The van der Waals surface area contributed by atoms with Gasteiger partial charge in [-0.25, -0.2) is 9.59 Å². The van der Waals surface area contributed by atoms with E-state index in [9.17, 15) is 49.1 Å². The molecule has 0 saturated heterocycles. The third kappa shape index (κ3) is 10.1. The number of alkyl halides is 9. The maximum absolute atomic E-state index is 13.7. The van der Waals surface area contributed by atoms with Crippen LogP contribution in [0.1, 0.15) is 26.3 Å². The van der Waals surface area contributed by atoms with E-state index in [-0.39, 0.29) is 37.9 Å². The fraction of sp³-hybridized carbons (Fsp3) is 0.667. The molecule has 0 bridgehead atoms. The van der Waals surface area contributed by atoms with E-state index in [2.05, 4.69) is 4.74 Å². The molecule has 236 valence electrons. The number of hydrogen-bond donors (Lipinski definition) is 1. The van der Waals surface area contributed by atoms with Crippen LogP contribution in [0.4, 0.5) is 44.3 Å². The van der Waals surface area contributed by atoms with Gasteiger partial charge in [-0.15, -0.1) is 0 Å². The first kappa shape index (κ1) is 36.1. The number of ether oxygens (including phenoxy) is 4. The van der Waals surface area contributed by atoms with E-state index >= 15 is 0 Å². The molecule has 0 heterocycles. The molecule has 1 aromatic carbocycles. The van der Waals surface area contributed by atoms with Crippen molar-refractivity contribution in [3.8, 4) is 5.75 Å². The van der Waals surface area contributed by atoms with Crippen molar-refractivity contribution in [2.75, 3.05) is 39.5 Å². The summed E-state index contributed by atoms with van der Waals surface area (Å²) in [5.41, 5.74) is 0.586. The third-order valence-corrected chi connectivity index (χ3v) is 5.18. The zero-order valence-electron chi connectivity index (χ0n) is 22.2. The predicted octanol–water partition coefficient (Wildman–Crippen LogP) is 5.63. The van der Waals surface area contributed by atoms with E-state index < -0.39 is 62.0 Å². The van der Waals surface area contributed by atoms with Crippen LogP contribution in [0, 0.1) is 5.92 Å². The van der Waals surface area contributed by atoms with Gasteiger partial charge in [0.25, 0.3) is 0 Å². The lowest BCUT2D eigenvalue weighted by molar-refractivity contribution is -0.443. The molecule has 0 saturated carbocycles. The highest BCUT2D eigenvalue weighted by molar-refractivity contribution is 5.72. The molecule has 41 heavy (non-hydrogen) atoms. The van der Waals surface area contributed by atoms with E-state index in [1.165, 1.54) is 24.3 Å². The van der Waals surface area contributed by atoms with Gasteiger partial charge in [-0.1, -0.05) is 26.0 Å². The SMILES string of the molecule is CCOC(Cc1ccc(OCCN(CCOC(F)(F)C(F)(F)C(F)(F)C(F)(F)F)C(=O)OCC(C)C)cc1)C(=O)O. The summed E-state index contributed by atoms with van der Waals surface area (Å²) in [6.07, 6.45) is -15.4. The molecule has 0 fully saturated rings. The number of carbonyl (C=O) groups is 2. The Kier molecular flexibility index (Phi) is 13.0. The Bertz CT molecular complexity index is 973. The van der Waals surface area contributed by atoms with Gasteiger partial charge in [0.05, 0.1) is 19.8 Å². The Balaban J connectivity index is 2.84. The van der Waals surface area contributed by atoms with Crippen LogP contribution in [0.25, 0.3) is 0 Å². The number of carbonyl (C=O) groups excluding carboxylic acids is 1. The Labute approximate surface area is 229 Å². The van der Waals surface area contributed by atoms with Gasteiger partial charge in [-0.05, 0) is 30.5 Å². The molecule has 1 aromatic rings. The first-order valence-electron chi connectivity index (χ1n) is 12.1. The zero-order valence-corrected chi connectivity index (χ0v) is 22.2. The number of nitrogens with zero attached hydrogens (tertiary/aromatic N) is 1. The normalized spacial score (nSPS) is 13.7. The molecule has 1 amide bonds. The second-order valence-electron chi connectivity index (χ2n) is 8.95. The Hall–Kier alpha value is -2.95. The van der Waals surface area contributed by atoms with Crippen molar-refractivity contribution in [2.45, 2.75) is 57.4 Å². The molecule has 1 unspecified atom stereocenters. The molecule has 1 atom stereocenters. The Morgan fingerprint density at radius 2 is 1.46 bits per heavy atom. The van der Waals surface area contributed by atoms with Gasteiger partial charge in [0.1, 0.15) is 12.4 Å². The molecule has 0 spiro atoms. The Morgan fingerprint density at radius 3 is 1.95 bits per heavy atom. The van der Waals surface area contributed by atoms with Crippen molar-refractivity contribution in [2.24, 2.45) is 5.92 Å². The highest BCUT2D eigenvalue weighted by Crippen LogP contribution is 2.53. The standard InChI is InChI=1S/C24H30F9NO7/c1-4-38-18(19(35)36)13-16-5-7-17(8-6-16)39-11-9-34(20(37)40-14-15(2)3)10-12-41-24(32,33)22(27,28)21(25,26)23(29,30)31/h5-8,15,18H,4,9-14H2,1-3H3,(H,35,36). The molecule has 8 nitrogen and oxygen atoms in total. The predicted molar refractivity (Wildman–Crippen MR) is 123 cm³/mol. The fourth-order valence-corrected chi connectivity index (χ4v) is 2.99. The van der Waals surface area contributed by atoms with E-state index in [0.29, 0.717) is 10.5 Å². The number of aliphatic carboxylic acids is 1. The average Bonchev–Trinajstić information content (AvgIpc) is 2.85. The molecular formula is C24H30F9NO7. The number of rotatable bonds is 17. The Morgan fingerprint density at radius 1 is 0.902 bits per heavy atom. The molecule has 0 aromatic heterocycles. The fourth-order valence-electron chi connectivity index (χ4n) is 2.99. The summed E-state index contributed by atoms with van der Waals surface area (Å²) in [7, 11) is 0. The van der Waals surface area contributed by atoms with E-state index in [1.807, 2.05) is 0 Å². The first-order valence-corrected chi connectivity index (χ1v) is 12.1. The van der Waals surface area contributed by atoms with Gasteiger partial charge in [-0.2, -0.15) is 39.5 Å². The molecule has 1 rings (SSSR count). The molecular weight excluding hydrogens is 585 g/mol. The van der Waals surface area contributed by atoms with E-state index in [1.54, 1.807) is 20.8 Å². The largest absolute Gasteiger partial charge is 0.492 e. The number of carboxylic acid groups (broad SMARTS) is 1. The lowest BCUT2D eigenvalue weighted by Crippen LogP contribution is -2.62. The monoisotopic (exact) mass is 615 g/mol. The maximum atomic E-state index is 13.7. The second-order valence-corrected chi connectivity index (χ2v) is 8.95. The van der Waals surface area contributed by atoms with Crippen molar-refractivity contribution in [1.82, 2.24) is 4.90 Å². The quantitative estimate of drug-likeness (QED) is 0.227. The minimum Gasteiger partial charge on any atom is -0.492 e. The van der Waals surface area contributed by atoms with E-state index in [4.69, 9.17) is 19.3 Å². The van der Waals surface area contributed by atoms with Crippen molar-refractivity contribution < 1.29 is 73.2 Å². The van der Waals surface area contributed by atoms with Crippen LogP contribution < -0.4 is 4.74 Å².